The van der Waals surface area contributed by atoms with Gasteiger partial charge in [0.2, 0.25) is 0 Å². The number of ether oxygens (including phenoxy) is 1. The third-order valence-corrected chi connectivity index (χ3v) is 10.1. The van der Waals surface area contributed by atoms with Crippen molar-refractivity contribution in [2.75, 3.05) is 20.2 Å². The molecule has 0 radical (unpaired) electrons. The topological polar surface area (TPSA) is 101 Å². The lowest BCUT2D eigenvalue weighted by atomic mass is 9.90. The molecule has 1 unspecified atom stereocenters. The molecule has 0 saturated carbocycles. The Hall–Kier alpha value is -2.23. The average molecular weight is 538 g/mol. The molecule has 0 aliphatic heterocycles. The van der Waals surface area contributed by atoms with Gasteiger partial charge in [-0.3, -0.25) is 9.59 Å². The van der Waals surface area contributed by atoms with Crippen molar-refractivity contribution < 1.29 is 27.9 Å². The number of aliphatic carboxylic acids is 1. The minimum absolute atomic E-state index is 0.0510. The maximum Gasteiger partial charge on any atom is 0.304 e. The van der Waals surface area contributed by atoms with Crippen LogP contribution in [0.4, 0.5) is 0 Å². The summed E-state index contributed by atoms with van der Waals surface area (Å²) in [7, 11) is -2.31. The number of Topliss-reactive ketones (excluding diaryl/α,β-unsaturated/α-hetero) is 1. The molecule has 36 heavy (non-hydrogen) atoms. The highest BCUT2D eigenvalue weighted by atomic mass is 32.2. The summed E-state index contributed by atoms with van der Waals surface area (Å²) in [6.07, 6.45) is 2.32. The number of thiophene rings is 1. The Kier molecular flexibility index (Phi) is 10.3. The second-order valence-corrected chi connectivity index (χ2v) is 13.7. The van der Waals surface area contributed by atoms with Crippen molar-refractivity contribution in [2.45, 2.75) is 77.4 Å². The van der Waals surface area contributed by atoms with Crippen molar-refractivity contribution in [1.29, 1.82) is 0 Å². The lowest BCUT2D eigenvalue weighted by Crippen LogP contribution is -2.29. The predicted octanol–water partition coefficient (Wildman–Crippen LogP) is 5.58. The Balaban J connectivity index is 2.08. The van der Waals surface area contributed by atoms with Crippen LogP contribution in [0.5, 0.6) is 5.75 Å². The van der Waals surface area contributed by atoms with Gasteiger partial charge in [0, 0.05) is 23.9 Å². The molecule has 0 aliphatic carbocycles. The largest absolute Gasteiger partial charge is 0.486 e. The molecular weight excluding hydrogens is 498 g/mol. The Bertz CT molecular complexity index is 1180. The molecule has 9 heteroatoms. The fourth-order valence-electron chi connectivity index (χ4n) is 3.79. The maximum atomic E-state index is 12.9. The lowest BCUT2D eigenvalue weighted by Gasteiger charge is -2.19. The summed E-state index contributed by atoms with van der Waals surface area (Å²) in [5.41, 5.74) is 2.43. The molecule has 2 aromatic rings. The second-order valence-electron chi connectivity index (χ2n) is 10.3. The van der Waals surface area contributed by atoms with E-state index in [-0.39, 0.29) is 29.6 Å². The fraction of sp³-hybridized carbons (Fsp3) is 0.556. The average Bonchev–Trinajstić information content (AvgIpc) is 3.17. The molecule has 0 fully saturated rings. The summed E-state index contributed by atoms with van der Waals surface area (Å²) in [6, 6.07) is 8.00. The normalized spacial score (nSPS) is 13.1. The van der Waals surface area contributed by atoms with Crippen LogP contribution >= 0.6 is 11.3 Å². The number of sulfonamides is 1. The Morgan fingerprint density at radius 3 is 2.36 bits per heavy atom. The van der Waals surface area contributed by atoms with Gasteiger partial charge in [-0.05, 0) is 67.9 Å². The van der Waals surface area contributed by atoms with Crippen LogP contribution in [0.3, 0.4) is 0 Å². The van der Waals surface area contributed by atoms with E-state index in [2.05, 4.69) is 13.0 Å². The number of hydrogen-bond acceptors (Lipinski definition) is 6. The number of carbonyl (C=O) groups is 2. The van der Waals surface area contributed by atoms with E-state index in [1.165, 1.54) is 23.9 Å². The van der Waals surface area contributed by atoms with Crippen LogP contribution in [-0.4, -0.2) is 49.8 Å². The van der Waals surface area contributed by atoms with Crippen LogP contribution < -0.4 is 4.74 Å². The molecule has 0 aliphatic rings. The third kappa shape index (κ3) is 7.88. The number of aryl methyl sites for hydroxylation is 3. The van der Waals surface area contributed by atoms with E-state index in [4.69, 9.17) is 9.84 Å². The molecule has 200 valence electrons. The first-order chi connectivity index (χ1) is 16.7. The van der Waals surface area contributed by atoms with Gasteiger partial charge in [-0.25, -0.2) is 8.42 Å². The molecule has 0 saturated heterocycles. The number of carboxylic acids is 1. The third-order valence-electron chi connectivity index (χ3n) is 6.31. The Morgan fingerprint density at radius 1 is 1.14 bits per heavy atom. The van der Waals surface area contributed by atoms with E-state index >= 15 is 0 Å². The quantitative estimate of drug-likeness (QED) is 0.358. The van der Waals surface area contributed by atoms with E-state index in [1.807, 2.05) is 45.9 Å². The molecule has 7 nitrogen and oxygen atoms in total. The summed E-state index contributed by atoms with van der Waals surface area (Å²) in [6.45, 7) is 11.5. The van der Waals surface area contributed by atoms with Crippen LogP contribution in [0.2, 0.25) is 0 Å². The van der Waals surface area contributed by atoms with E-state index in [0.29, 0.717) is 17.2 Å². The monoisotopic (exact) mass is 537 g/mol. The van der Waals surface area contributed by atoms with Crippen molar-refractivity contribution >= 4 is 33.1 Å². The maximum absolute atomic E-state index is 12.9. The van der Waals surface area contributed by atoms with Gasteiger partial charge >= 0.3 is 5.97 Å². The van der Waals surface area contributed by atoms with Crippen LogP contribution in [0.25, 0.3) is 0 Å². The molecule has 1 heterocycles. The molecule has 0 amide bonds. The summed E-state index contributed by atoms with van der Waals surface area (Å²) in [5.74, 6) is 0.0363. The number of carbonyl (C=O) groups excluding carboxylic acids is 1. The first-order valence-corrected chi connectivity index (χ1v) is 14.5. The van der Waals surface area contributed by atoms with Gasteiger partial charge in [0.05, 0.1) is 6.42 Å². The highest BCUT2D eigenvalue weighted by Gasteiger charge is 2.26. The number of hydrogen-bond donors (Lipinski definition) is 1. The van der Waals surface area contributed by atoms with Gasteiger partial charge in [-0.15, -0.1) is 11.3 Å². The first-order valence-electron chi connectivity index (χ1n) is 12.2. The minimum atomic E-state index is -3.72. The van der Waals surface area contributed by atoms with Gasteiger partial charge in [0.15, 0.2) is 5.78 Å². The molecule has 1 N–H and O–H groups in total. The van der Waals surface area contributed by atoms with Gasteiger partial charge in [0.1, 0.15) is 16.6 Å². The molecular formula is C27H39NO6S2. The summed E-state index contributed by atoms with van der Waals surface area (Å²) in [5, 5.41) is 8.87. The number of carboxylic acid groups (broad SMARTS) is 1. The SMILES string of the molecule is CCC(CCc1cc(C)c(S(=O)(=O)N(C)CCC(=O)O)s1)c1ccc(OCC(=O)C(C)(C)C)c(C)c1. The van der Waals surface area contributed by atoms with Crippen molar-refractivity contribution in [1.82, 2.24) is 4.31 Å². The van der Waals surface area contributed by atoms with E-state index in [9.17, 15) is 18.0 Å². The number of benzene rings is 1. The summed E-state index contributed by atoms with van der Waals surface area (Å²) >= 11 is 1.26. The van der Waals surface area contributed by atoms with Gasteiger partial charge < -0.3 is 9.84 Å². The smallest absolute Gasteiger partial charge is 0.304 e. The first kappa shape index (κ1) is 30.0. The molecule has 1 aromatic carbocycles. The van der Waals surface area contributed by atoms with Crippen LogP contribution in [0, 0.1) is 19.3 Å². The number of ketones is 1. The molecule has 1 atom stereocenters. The van der Waals surface area contributed by atoms with Gasteiger partial charge in [-0.1, -0.05) is 39.8 Å². The van der Waals surface area contributed by atoms with Crippen LogP contribution in [0.15, 0.2) is 28.5 Å². The predicted molar refractivity (Wildman–Crippen MR) is 144 cm³/mol. The van der Waals surface area contributed by atoms with E-state index < -0.39 is 21.4 Å². The van der Waals surface area contributed by atoms with Crippen molar-refractivity contribution in [3.8, 4) is 5.75 Å². The van der Waals surface area contributed by atoms with Crippen LogP contribution in [-0.2, 0) is 26.0 Å². The highest BCUT2D eigenvalue weighted by Crippen LogP contribution is 2.33. The Labute approximate surface area is 219 Å². The number of nitrogens with zero attached hydrogens (tertiary/aromatic N) is 1. The standard InChI is InChI=1S/C27H39NO6S2/c1-8-20(21-10-12-23(18(2)15-21)34-17-24(29)27(4,5)6)9-11-22-16-19(3)26(35-22)36(32,33)28(7)14-13-25(30)31/h10,12,15-16,20H,8-9,11,13-14,17H2,1-7H3,(H,30,31). The van der Waals surface area contributed by atoms with Crippen LogP contribution in [0.1, 0.15) is 74.4 Å². The molecule has 1 aromatic heterocycles. The Morgan fingerprint density at radius 2 is 1.81 bits per heavy atom. The van der Waals surface area contributed by atoms with Crippen molar-refractivity contribution in [3.63, 3.8) is 0 Å². The van der Waals surface area contributed by atoms with Gasteiger partial charge in [-0.2, -0.15) is 4.31 Å². The van der Waals surface area contributed by atoms with E-state index in [1.54, 1.807) is 6.92 Å². The van der Waals surface area contributed by atoms with E-state index in [0.717, 1.165) is 34.0 Å². The van der Waals surface area contributed by atoms with Gasteiger partial charge in [0.25, 0.3) is 10.0 Å². The summed E-state index contributed by atoms with van der Waals surface area (Å²) < 4.78 is 33.0. The van der Waals surface area contributed by atoms with Crippen molar-refractivity contribution in [2.24, 2.45) is 5.41 Å². The molecule has 0 bridgehead atoms. The zero-order valence-corrected chi connectivity index (χ0v) is 24.0. The lowest BCUT2D eigenvalue weighted by molar-refractivity contribution is -0.137. The fourth-order valence-corrected chi connectivity index (χ4v) is 6.91. The molecule has 2 rings (SSSR count). The zero-order chi connectivity index (χ0) is 27.3. The minimum Gasteiger partial charge on any atom is -0.486 e. The highest BCUT2D eigenvalue weighted by molar-refractivity contribution is 7.91. The summed E-state index contributed by atoms with van der Waals surface area (Å²) in [4.78, 5) is 24.0. The molecule has 0 spiro atoms. The van der Waals surface area contributed by atoms with Crippen molar-refractivity contribution in [3.05, 3.63) is 45.8 Å². The number of rotatable bonds is 13. The second kappa shape index (κ2) is 12.3. The zero-order valence-electron chi connectivity index (χ0n) is 22.4.